The molecule has 2 N–H and O–H groups in total. The minimum Gasteiger partial charge on any atom is -0.477 e. The summed E-state index contributed by atoms with van der Waals surface area (Å²) in [5.41, 5.74) is 4.09. The van der Waals surface area contributed by atoms with Crippen LogP contribution in [0, 0.1) is 10.1 Å². The van der Waals surface area contributed by atoms with Crippen molar-refractivity contribution < 1.29 is 19.2 Å². The fourth-order valence-corrected chi connectivity index (χ4v) is 2.24. The van der Waals surface area contributed by atoms with E-state index >= 15 is 0 Å². The Morgan fingerprint density at radius 1 is 1.21 bits per heavy atom. The molecule has 0 radical (unpaired) electrons. The summed E-state index contributed by atoms with van der Waals surface area (Å²) in [6.45, 7) is -0.472. The van der Waals surface area contributed by atoms with Crippen LogP contribution in [0.3, 0.4) is 0 Å². The first-order valence-electron chi connectivity index (χ1n) is 6.73. The van der Waals surface area contributed by atoms with Gasteiger partial charge in [0.05, 0.1) is 4.92 Å². The summed E-state index contributed by atoms with van der Waals surface area (Å²) in [4.78, 5) is 34.2. The number of hydrazine groups is 1. The van der Waals surface area contributed by atoms with E-state index in [2.05, 4.69) is 10.9 Å². The average Bonchev–Trinajstić information content (AvgIpc) is 3.10. The molecule has 124 valence electrons. The molecule has 1 heterocycles. The summed E-state index contributed by atoms with van der Waals surface area (Å²) < 4.78 is 5.09. The van der Waals surface area contributed by atoms with Gasteiger partial charge in [-0.3, -0.25) is 30.6 Å². The number of benzene rings is 1. The van der Waals surface area contributed by atoms with E-state index in [9.17, 15) is 19.7 Å². The topological polar surface area (TPSA) is 111 Å². The Morgan fingerprint density at radius 2 is 2.00 bits per heavy atom. The number of amides is 2. The number of nitro benzene ring substituents is 1. The van der Waals surface area contributed by atoms with Gasteiger partial charge in [0, 0.05) is 17.0 Å². The van der Waals surface area contributed by atoms with Crippen LogP contribution in [0.5, 0.6) is 5.75 Å². The van der Waals surface area contributed by atoms with Crippen LogP contribution in [0.25, 0.3) is 6.08 Å². The highest BCUT2D eigenvalue weighted by molar-refractivity contribution is 7.10. The maximum absolute atomic E-state index is 11.6. The number of thiophene rings is 1. The number of rotatable bonds is 6. The van der Waals surface area contributed by atoms with Gasteiger partial charge in [-0.05, 0) is 23.6 Å². The van der Waals surface area contributed by atoms with Crippen molar-refractivity contribution in [2.24, 2.45) is 0 Å². The SMILES string of the molecule is O=C(/C=C/c1cccs1)NNC(=O)COc1ccccc1[N+](=O)[O-]. The van der Waals surface area contributed by atoms with Crippen LogP contribution in [0.15, 0.2) is 47.9 Å². The predicted octanol–water partition coefficient (Wildman–Crippen LogP) is 1.90. The van der Waals surface area contributed by atoms with Crippen molar-refractivity contribution in [3.8, 4) is 5.75 Å². The molecule has 0 bridgehead atoms. The Bertz CT molecular complexity index is 758. The first-order valence-corrected chi connectivity index (χ1v) is 7.61. The van der Waals surface area contributed by atoms with E-state index in [0.29, 0.717) is 0 Å². The van der Waals surface area contributed by atoms with Crippen molar-refractivity contribution >= 4 is 34.9 Å². The number of hydrogen-bond donors (Lipinski definition) is 2. The minimum atomic E-state index is -0.647. The zero-order chi connectivity index (χ0) is 17.4. The molecule has 0 saturated heterocycles. The normalized spacial score (nSPS) is 10.3. The first-order chi connectivity index (χ1) is 11.6. The zero-order valence-electron chi connectivity index (χ0n) is 12.3. The molecule has 0 aliphatic rings. The zero-order valence-corrected chi connectivity index (χ0v) is 13.1. The van der Waals surface area contributed by atoms with Gasteiger partial charge in [0.2, 0.25) is 0 Å². The number of ether oxygens (including phenoxy) is 1. The number of carbonyl (C=O) groups excluding carboxylic acids is 2. The van der Waals surface area contributed by atoms with Gasteiger partial charge in [-0.1, -0.05) is 18.2 Å². The highest BCUT2D eigenvalue weighted by Gasteiger charge is 2.14. The second kappa shape index (κ2) is 8.44. The minimum absolute atomic E-state index is 0.0263. The highest BCUT2D eigenvalue weighted by atomic mass is 32.1. The highest BCUT2D eigenvalue weighted by Crippen LogP contribution is 2.25. The molecule has 0 spiro atoms. The molecule has 24 heavy (non-hydrogen) atoms. The Kier molecular flexibility index (Phi) is 6.03. The molecule has 2 rings (SSSR count). The average molecular weight is 347 g/mol. The van der Waals surface area contributed by atoms with E-state index < -0.39 is 23.3 Å². The van der Waals surface area contributed by atoms with Gasteiger partial charge >= 0.3 is 5.69 Å². The molecule has 2 aromatic rings. The third-order valence-corrected chi connectivity index (χ3v) is 3.53. The Hall–Kier alpha value is -3.20. The lowest BCUT2D eigenvalue weighted by atomic mass is 10.3. The molecule has 1 aromatic carbocycles. The van der Waals surface area contributed by atoms with E-state index in [1.807, 2.05) is 17.5 Å². The molecule has 0 atom stereocenters. The van der Waals surface area contributed by atoms with Crippen LogP contribution in [0.1, 0.15) is 4.88 Å². The molecule has 2 amide bonds. The lowest BCUT2D eigenvalue weighted by Gasteiger charge is -2.07. The van der Waals surface area contributed by atoms with Gasteiger partial charge in [0.15, 0.2) is 12.4 Å². The van der Waals surface area contributed by atoms with Crippen molar-refractivity contribution in [1.29, 1.82) is 0 Å². The third-order valence-electron chi connectivity index (χ3n) is 2.69. The fourth-order valence-electron chi connectivity index (χ4n) is 1.63. The van der Waals surface area contributed by atoms with Gasteiger partial charge in [-0.15, -0.1) is 11.3 Å². The van der Waals surface area contributed by atoms with E-state index in [4.69, 9.17) is 4.74 Å². The Labute approximate surface area is 140 Å². The van der Waals surface area contributed by atoms with Crippen LogP contribution in [0.4, 0.5) is 5.69 Å². The standard InChI is InChI=1S/C15H13N3O5S/c19-14(8-7-11-4-3-9-24-11)16-17-15(20)10-23-13-6-2-1-5-12(13)18(21)22/h1-9H,10H2,(H,16,19)(H,17,20)/b8-7+. The molecule has 0 fully saturated rings. The molecule has 0 aliphatic carbocycles. The molecule has 0 saturated carbocycles. The largest absolute Gasteiger partial charge is 0.477 e. The van der Waals surface area contributed by atoms with E-state index in [1.165, 1.54) is 35.6 Å². The Balaban J connectivity index is 1.78. The van der Waals surface area contributed by atoms with Gasteiger partial charge in [-0.2, -0.15) is 0 Å². The van der Waals surface area contributed by atoms with E-state index in [1.54, 1.807) is 12.1 Å². The number of para-hydroxylation sites is 2. The molecule has 8 nitrogen and oxygen atoms in total. The van der Waals surface area contributed by atoms with Gasteiger partial charge < -0.3 is 4.74 Å². The third kappa shape index (κ3) is 5.21. The van der Waals surface area contributed by atoms with Crippen LogP contribution in [-0.2, 0) is 9.59 Å². The van der Waals surface area contributed by atoms with E-state index in [-0.39, 0.29) is 11.4 Å². The number of nitrogens with one attached hydrogen (secondary N) is 2. The second-order valence-corrected chi connectivity index (χ2v) is 5.38. The lowest BCUT2D eigenvalue weighted by molar-refractivity contribution is -0.385. The van der Waals surface area contributed by atoms with Crippen molar-refractivity contribution in [2.75, 3.05) is 6.61 Å². The molecule has 1 aromatic heterocycles. The Morgan fingerprint density at radius 3 is 2.71 bits per heavy atom. The first kappa shape index (κ1) is 17.2. The van der Waals surface area contributed by atoms with Crippen molar-refractivity contribution in [2.45, 2.75) is 0 Å². The molecule has 0 aliphatic heterocycles. The van der Waals surface area contributed by atoms with Crippen LogP contribution < -0.4 is 15.6 Å². The quantitative estimate of drug-likeness (QED) is 0.471. The van der Waals surface area contributed by atoms with Crippen LogP contribution in [0.2, 0.25) is 0 Å². The number of nitrogens with zero attached hydrogens (tertiary/aromatic N) is 1. The molecule has 9 heteroatoms. The van der Waals surface area contributed by atoms with Crippen molar-refractivity contribution in [3.05, 3.63) is 62.8 Å². The summed E-state index contributed by atoms with van der Waals surface area (Å²) >= 11 is 1.47. The van der Waals surface area contributed by atoms with Gasteiger partial charge in [0.1, 0.15) is 0 Å². The van der Waals surface area contributed by atoms with Gasteiger partial charge in [-0.25, -0.2) is 0 Å². The van der Waals surface area contributed by atoms with Crippen molar-refractivity contribution in [3.63, 3.8) is 0 Å². The smallest absolute Gasteiger partial charge is 0.310 e. The maximum Gasteiger partial charge on any atom is 0.310 e. The fraction of sp³-hybridized carbons (Fsp3) is 0.0667. The van der Waals surface area contributed by atoms with Gasteiger partial charge in [0.25, 0.3) is 11.8 Å². The number of carbonyl (C=O) groups is 2. The maximum atomic E-state index is 11.6. The molecular formula is C15H13N3O5S. The summed E-state index contributed by atoms with van der Waals surface area (Å²) in [6, 6.07) is 9.39. The summed E-state index contributed by atoms with van der Waals surface area (Å²) in [7, 11) is 0. The summed E-state index contributed by atoms with van der Waals surface area (Å²) in [6.07, 6.45) is 2.88. The lowest BCUT2D eigenvalue weighted by Crippen LogP contribution is -2.43. The van der Waals surface area contributed by atoms with Crippen LogP contribution in [-0.4, -0.2) is 23.3 Å². The second-order valence-electron chi connectivity index (χ2n) is 4.40. The molecular weight excluding hydrogens is 334 g/mol. The monoisotopic (exact) mass is 347 g/mol. The van der Waals surface area contributed by atoms with Crippen molar-refractivity contribution in [1.82, 2.24) is 10.9 Å². The summed E-state index contributed by atoms with van der Waals surface area (Å²) in [5.74, 6) is -1.19. The number of hydrogen-bond acceptors (Lipinski definition) is 6. The summed E-state index contributed by atoms with van der Waals surface area (Å²) in [5, 5.41) is 12.7. The number of nitro groups is 1. The van der Waals surface area contributed by atoms with E-state index in [0.717, 1.165) is 4.88 Å². The molecule has 0 unspecified atom stereocenters. The predicted molar refractivity (Wildman–Crippen MR) is 88.2 cm³/mol. The van der Waals surface area contributed by atoms with Crippen LogP contribution >= 0.6 is 11.3 Å².